The molecule has 1 heterocycles. The van der Waals surface area contributed by atoms with Gasteiger partial charge in [-0.05, 0) is 25.5 Å². The molecule has 0 aromatic heterocycles. The molecular formula is C19H25F2N3O4S. The number of amides is 1. The standard InChI is InChI=1S/C19H25F2N3O4S/c1-2-24-10-8-19(14-22,9-11-24)23-17(25)7-12-29(26,27)13-15-5-3-4-6-16(15)28-18(20)21/h3-6,18H,2,7-13H2,1H3,(H,23,25). The van der Waals surface area contributed by atoms with Crippen molar-refractivity contribution in [1.29, 1.82) is 5.26 Å². The third-order valence-electron chi connectivity index (χ3n) is 4.95. The summed E-state index contributed by atoms with van der Waals surface area (Å²) in [5, 5.41) is 12.2. The summed E-state index contributed by atoms with van der Waals surface area (Å²) >= 11 is 0. The van der Waals surface area contributed by atoms with Gasteiger partial charge in [0, 0.05) is 25.1 Å². The van der Waals surface area contributed by atoms with Crippen LogP contribution in [0.25, 0.3) is 0 Å². The van der Waals surface area contributed by atoms with E-state index in [9.17, 15) is 27.3 Å². The highest BCUT2D eigenvalue weighted by Crippen LogP contribution is 2.24. The molecule has 1 N–H and O–H groups in total. The fraction of sp³-hybridized carbons (Fsp3) is 0.579. The van der Waals surface area contributed by atoms with Gasteiger partial charge in [-0.3, -0.25) is 4.79 Å². The van der Waals surface area contributed by atoms with E-state index in [-0.39, 0.29) is 17.7 Å². The van der Waals surface area contributed by atoms with E-state index in [0.717, 1.165) is 6.54 Å². The number of alkyl halides is 2. The molecule has 0 bridgehead atoms. The third kappa shape index (κ3) is 6.94. The zero-order valence-corrected chi connectivity index (χ0v) is 17.1. The number of rotatable bonds is 9. The van der Waals surface area contributed by atoms with Crippen molar-refractivity contribution < 1.29 is 26.7 Å². The highest BCUT2D eigenvalue weighted by molar-refractivity contribution is 7.90. The number of nitrogens with zero attached hydrogens (tertiary/aromatic N) is 2. The number of carbonyl (C=O) groups excluding carboxylic acids is 1. The Balaban J connectivity index is 1.93. The van der Waals surface area contributed by atoms with Gasteiger partial charge in [-0.25, -0.2) is 8.42 Å². The van der Waals surface area contributed by atoms with Crippen molar-refractivity contribution in [1.82, 2.24) is 10.2 Å². The van der Waals surface area contributed by atoms with Crippen LogP contribution in [-0.2, 0) is 20.4 Å². The van der Waals surface area contributed by atoms with E-state index in [1.165, 1.54) is 24.3 Å². The maximum Gasteiger partial charge on any atom is 0.387 e. The molecule has 0 aliphatic carbocycles. The van der Waals surface area contributed by atoms with Crippen molar-refractivity contribution in [3.63, 3.8) is 0 Å². The monoisotopic (exact) mass is 429 g/mol. The molecule has 29 heavy (non-hydrogen) atoms. The second-order valence-electron chi connectivity index (χ2n) is 7.00. The molecule has 160 valence electrons. The van der Waals surface area contributed by atoms with Gasteiger partial charge in [0.2, 0.25) is 5.91 Å². The zero-order chi connectivity index (χ0) is 21.5. The van der Waals surface area contributed by atoms with Crippen molar-refractivity contribution >= 4 is 15.7 Å². The first-order valence-electron chi connectivity index (χ1n) is 9.36. The maximum absolute atomic E-state index is 12.5. The van der Waals surface area contributed by atoms with E-state index < -0.39 is 39.4 Å². The van der Waals surface area contributed by atoms with Crippen LogP contribution in [0, 0.1) is 11.3 Å². The number of carbonyl (C=O) groups is 1. The maximum atomic E-state index is 12.5. The molecule has 2 rings (SSSR count). The van der Waals surface area contributed by atoms with Crippen LogP contribution in [0.3, 0.4) is 0 Å². The molecule has 0 spiro atoms. The number of ether oxygens (including phenoxy) is 1. The predicted octanol–water partition coefficient (Wildman–Crippen LogP) is 2.09. The van der Waals surface area contributed by atoms with Gasteiger partial charge in [-0.15, -0.1) is 0 Å². The van der Waals surface area contributed by atoms with Gasteiger partial charge in [0.05, 0.1) is 17.6 Å². The fourth-order valence-electron chi connectivity index (χ4n) is 3.24. The van der Waals surface area contributed by atoms with Gasteiger partial charge in [0.1, 0.15) is 11.3 Å². The Hall–Kier alpha value is -2.25. The second kappa shape index (κ2) is 9.98. The van der Waals surface area contributed by atoms with Crippen LogP contribution in [0.4, 0.5) is 8.78 Å². The lowest BCUT2D eigenvalue weighted by Gasteiger charge is -2.37. The van der Waals surface area contributed by atoms with Crippen LogP contribution in [-0.4, -0.2) is 56.8 Å². The number of likely N-dealkylation sites (tertiary alicyclic amines) is 1. The van der Waals surface area contributed by atoms with E-state index in [4.69, 9.17) is 0 Å². The third-order valence-corrected chi connectivity index (χ3v) is 6.53. The van der Waals surface area contributed by atoms with Crippen LogP contribution in [0.5, 0.6) is 5.75 Å². The Morgan fingerprint density at radius 2 is 2.00 bits per heavy atom. The summed E-state index contributed by atoms with van der Waals surface area (Å²) in [6.45, 7) is 1.19. The summed E-state index contributed by atoms with van der Waals surface area (Å²) in [5.41, 5.74) is -0.877. The van der Waals surface area contributed by atoms with E-state index in [1.807, 2.05) is 6.92 Å². The van der Waals surface area contributed by atoms with Crippen molar-refractivity contribution in [2.45, 2.75) is 44.1 Å². The molecule has 1 amide bonds. The molecule has 1 aromatic rings. The van der Waals surface area contributed by atoms with Crippen LogP contribution in [0.15, 0.2) is 24.3 Å². The first-order chi connectivity index (χ1) is 13.7. The summed E-state index contributed by atoms with van der Waals surface area (Å²) in [6.07, 6.45) is 0.656. The topological polar surface area (TPSA) is 99.5 Å². The van der Waals surface area contributed by atoms with Crippen LogP contribution in [0.2, 0.25) is 0 Å². The van der Waals surface area contributed by atoms with Gasteiger partial charge >= 0.3 is 6.61 Å². The number of piperidine rings is 1. The Kier molecular flexibility index (Phi) is 7.93. The summed E-state index contributed by atoms with van der Waals surface area (Å²) in [5.74, 6) is -1.69. The Labute approximate surface area is 169 Å². The first kappa shape index (κ1) is 23.0. The molecule has 0 unspecified atom stereocenters. The number of para-hydroxylation sites is 1. The normalized spacial score (nSPS) is 16.9. The molecule has 1 aliphatic rings. The molecule has 1 saturated heterocycles. The van der Waals surface area contributed by atoms with E-state index in [0.29, 0.717) is 25.9 Å². The van der Waals surface area contributed by atoms with E-state index in [2.05, 4.69) is 21.0 Å². The number of hydrogen-bond acceptors (Lipinski definition) is 6. The van der Waals surface area contributed by atoms with Crippen LogP contribution < -0.4 is 10.1 Å². The molecule has 0 saturated carbocycles. The quantitative estimate of drug-likeness (QED) is 0.645. The smallest absolute Gasteiger partial charge is 0.387 e. The summed E-state index contributed by atoms with van der Waals surface area (Å²) in [6, 6.07) is 7.81. The largest absolute Gasteiger partial charge is 0.435 e. The number of halogens is 2. The molecule has 10 heteroatoms. The summed E-state index contributed by atoms with van der Waals surface area (Å²) < 4.78 is 54.0. The minimum atomic E-state index is -3.74. The van der Waals surface area contributed by atoms with Gasteiger partial charge in [-0.2, -0.15) is 14.0 Å². The van der Waals surface area contributed by atoms with Crippen molar-refractivity contribution in [3.05, 3.63) is 29.8 Å². The molecule has 7 nitrogen and oxygen atoms in total. The van der Waals surface area contributed by atoms with Crippen molar-refractivity contribution in [2.75, 3.05) is 25.4 Å². The molecule has 1 aliphatic heterocycles. The van der Waals surface area contributed by atoms with E-state index in [1.54, 1.807) is 0 Å². The Bertz CT molecular complexity index is 847. The van der Waals surface area contributed by atoms with Crippen LogP contribution in [0.1, 0.15) is 31.7 Å². The number of benzene rings is 1. The molecule has 0 radical (unpaired) electrons. The fourth-order valence-corrected chi connectivity index (χ4v) is 4.59. The molecular weight excluding hydrogens is 404 g/mol. The minimum Gasteiger partial charge on any atom is -0.435 e. The van der Waals surface area contributed by atoms with Gasteiger partial charge in [0.15, 0.2) is 9.84 Å². The number of nitriles is 1. The highest BCUT2D eigenvalue weighted by atomic mass is 32.2. The second-order valence-corrected chi connectivity index (χ2v) is 9.19. The minimum absolute atomic E-state index is 0.105. The van der Waals surface area contributed by atoms with Gasteiger partial charge in [-0.1, -0.05) is 25.1 Å². The SMILES string of the molecule is CCN1CCC(C#N)(NC(=O)CCS(=O)(=O)Cc2ccccc2OC(F)F)CC1. The van der Waals surface area contributed by atoms with Crippen molar-refractivity contribution in [2.24, 2.45) is 0 Å². The Morgan fingerprint density at radius 1 is 1.34 bits per heavy atom. The summed E-state index contributed by atoms with van der Waals surface area (Å²) in [4.78, 5) is 14.4. The first-order valence-corrected chi connectivity index (χ1v) is 11.2. The molecule has 1 fully saturated rings. The number of sulfone groups is 1. The predicted molar refractivity (Wildman–Crippen MR) is 103 cm³/mol. The summed E-state index contributed by atoms with van der Waals surface area (Å²) in [7, 11) is -3.74. The van der Waals surface area contributed by atoms with Crippen LogP contribution >= 0.6 is 0 Å². The number of nitrogens with one attached hydrogen (secondary N) is 1. The lowest BCUT2D eigenvalue weighted by molar-refractivity contribution is -0.122. The van der Waals surface area contributed by atoms with Crippen molar-refractivity contribution in [3.8, 4) is 11.8 Å². The average Bonchev–Trinajstić information content (AvgIpc) is 2.68. The van der Waals surface area contributed by atoms with Gasteiger partial charge in [0.25, 0.3) is 0 Å². The number of hydrogen-bond donors (Lipinski definition) is 1. The molecule has 1 aromatic carbocycles. The molecule has 0 atom stereocenters. The lowest BCUT2D eigenvalue weighted by atomic mass is 9.89. The average molecular weight is 429 g/mol. The Morgan fingerprint density at radius 3 is 2.59 bits per heavy atom. The van der Waals surface area contributed by atoms with E-state index >= 15 is 0 Å². The lowest BCUT2D eigenvalue weighted by Crippen LogP contribution is -2.54. The highest BCUT2D eigenvalue weighted by Gasteiger charge is 2.35. The van der Waals surface area contributed by atoms with Gasteiger partial charge < -0.3 is 15.0 Å². The zero-order valence-electron chi connectivity index (χ0n) is 16.2.